The summed E-state index contributed by atoms with van der Waals surface area (Å²) in [6.45, 7) is 3.79. The van der Waals surface area contributed by atoms with Crippen molar-refractivity contribution in [1.82, 2.24) is 0 Å². The molecule has 0 fully saturated rings. The second-order valence-corrected chi connectivity index (χ2v) is 11.7. The van der Waals surface area contributed by atoms with Gasteiger partial charge in [-0.1, -0.05) is 105 Å². The zero-order chi connectivity index (χ0) is 22.1. The van der Waals surface area contributed by atoms with Crippen molar-refractivity contribution in [3.8, 4) is 0 Å². The molecule has 3 heteroatoms. The third kappa shape index (κ3) is 6.21. The van der Waals surface area contributed by atoms with E-state index < -0.39 is 0 Å². The van der Waals surface area contributed by atoms with Crippen LogP contribution in [-0.4, -0.2) is 10.7 Å². The first-order valence-electron chi connectivity index (χ1n) is 11.9. The highest BCUT2D eigenvalue weighted by atomic mass is 32.2. The van der Waals surface area contributed by atoms with Gasteiger partial charge in [0.15, 0.2) is 0 Å². The zero-order valence-electron chi connectivity index (χ0n) is 19.0. The van der Waals surface area contributed by atoms with Crippen LogP contribution in [0.3, 0.4) is 0 Å². The molecule has 168 valence electrons. The molecule has 32 heavy (non-hydrogen) atoms. The van der Waals surface area contributed by atoms with Gasteiger partial charge in [0.25, 0.3) is 0 Å². The third-order valence-electron chi connectivity index (χ3n) is 6.17. The molecule has 1 atom stereocenters. The summed E-state index contributed by atoms with van der Waals surface area (Å²) < 4.78 is 6.46. The lowest BCUT2D eigenvalue weighted by atomic mass is 9.93. The minimum absolute atomic E-state index is 0.0773. The summed E-state index contributed by atoms with van der Waals surface area (Å²) in [7, 11) is 0. The van der Waals surface area contributed by atoms with E-state index in [9.17, 15) is 0 Å². The highest BCUT2D eigenvalue weighted by Gasteiger charge is 2.45. The highest BCUT2D eigenvalue weighted by molar-refractivity contribution is 8.20. The van der Waals surface area contributed by atoms with Crippen LogP contribution in [0.15, 0.2) is 94.7 Å². The lowest BCUT2D eigenvalue weighted by Gasteiger charge is -2.36. The first kappa shape index (κ1) is 23.5. The lowest BCUT2D eigenvalue weighted by molar-refractivity contribution is 0.0791. The van der Waals surface area contributed by atoms with Crippen molar-refractivity contribution >= 4 is 23.5 Å². The van der Waals surface area contributed by atoms with Gasteiger partial charge in [-0.3, -0.25) is 0 Å². The van der Waals surface area contributed by atoms with Crippen LogP contribution >= 0.6 is 23.5 Å². The predicted molar refractivity (Wildman–Crippen MR) is 139 cm³/mol. The highest BCUT2D eigenvalue weighted by Crippen LogP contribution is 2.61. The van der Waals surface area contributed by atoms with E-state index in [2.05, 4.69) is 115 Å². The Bertz CT molecular complexity index is 917. The Labute approximate surface area is 202 Å². The van der Waals surface area contributed by atoms with Gasteiger partial charge in [-0.2, -0.15) is 0 Å². The molecule has 0 aromatic heterocycles. The van der Waals surface area contributed by atoms with E-state index in [4.69, 9.17) is 4.74 Å². The standard InChI is InChI=1S/C29H34OS2/c1-2-3-4-11-18-26(23-30-22-25-16-9-6-10-17-25)29(21-24-14-7-5-8-15-24)31-27-19-12-13-20-28(27)32-29/h5-10,12-17,19-20,26H,2-4,11,18,21-23H2,1H3. The smallest absolute Gasteiger partial charge is 0.0795 e. The fraction of sp³-hybridized carbons (Fsp3) is 0.379. The monoisotopic (exact) mass is 462 g/mol. The van der Waals surface area contributed by atoms with Crippen LogP contribution in [0.25, 0.3) is 0 Å². The molecule has 1 aliphatic heterocycles. The Morgan fingerprint density at radius 2 is 1.31 bits per heavy atom. The molecule has 0 spiro atoms. The van der Waals surface area contributed by atoms with Crippen LogP contribution in [0.5, 0.6) is 0 Å². The molecule has 1 unspecified atom stereocenters. The van der Waals surface area contributed by atoms with E-state index in [0.29, 0.717) is 12.5 Å². The van der Waals surface area contributed by atoms with Gasteiger partial charge < -0.3 is 4.74 Å². The number of unbranched alkanes of at least 4 members (excludes halogenated alkanes) is 3. The summed E-state index contributed by atoms with van der Waals surface area (Å²) in [4.78, 5) is 2.85. The molecule has 0 N–H and O–H groups in total. The molecule has 0 aliphatic carbocycles. The molecule has 0 bridgehead atoms. The van der Waals surface area contributed by atoms with Gasteiger partial charge >= 0.3 is 0 Å². The first-order chi connectivity index (χ1) is 15.8. The summed E-state index contributed by atoms with van der Waals surface area (Å²) in [6, 6.07) is 30.5. The van der Waals surface area contributed by atoms with Gasteiger partial charge in [-0.05, 0) is 36.1 Å². The molecule has 1 aliphatic rings. The van der Waals surface area contributed by atoms with Gasteiger partial charge in [0.2, 0.25) is 0 Å². The van der Waals surface area contributed by atoms with Crippen LogP contribution in [0.4, 0.5) is 0 Å². The van der Waals surface area contributed by atoms with Gasteiger partial charge in [0, 0.05) is 15.7 Å². The largest absolute Gasteiger partial charge is 0.376 e. The number of thioether (sulfide) groups is 2. The quantitative estimate of drug-likeness (QED) is 0.249. The van der Waals surface area contributed by atoms with E-state index >= 15 is 0 Å². The molecule has 0 saturated carbocycles. The Kier molecular flexibility index (Phi) is 8.78. The fourth-order valence-electron chi connectivity index (χ4n) is 4.42. The molecule has 3 aromatic carbocycles. The van der Waals surface area contributed by atoms with Crippen molar-refractivity contribution in [2.24, 2.45) is 5.92 Å². The van der Waals surface area contributed by atoms with Crippen LogP contribution in [0.1, 0.15) is 50.2 Å². The van der Waals surface area contributed by atoms with E-state index in [0.717, 1.165) is 13.0 Å². The number of ether oxygens (including phenoxy) is 1. The summed E-state index contributed by atoms with van der Waals surface area (Å²) in [5, 5.41) is 0. The summed E-state index contributed by atoms with van der Waals surface area (Å²) >= 11 is 4.16. The number of rotatable bonds is 12. The van der Waals surface area contributed by atoms with Crippen LogP contribution < -0.4 is 0 Å². The van der Waals surface area contributed by atoms with E-state index in [-0.39, 0.29) is 4.08 Å². The molecular formula is C29H34OS2. The predicted octanol–water partition coefficient (Wildman–Crippen LogP) is 8.63. The SMILES string of the molecule is CCCCCCC(COCc1ccccc1)C1(Cc2ccccc2)Sc2ccccc2S1. The maximum absolute atomic E-state index is 6.39. The molecule has 1 nitrogen and oxygen atoms in total. The number of fused-ring (bicyclic) bond motifs is 1. The van der Waals surface area contributed by atoms with Crippen molar-refractivity contribution in [2.45, 2.75) is 65.9 Å². The van der Waals surface area contributed by atoms with Crippen molar-refractivity contribution in [1.29, 1.82) is 0 Å². The van der Waals surface area contributed by atoms with Gasteiger partial charge in [-0.15, -0.1) is 23.5 Å². The minimum Gasteiger partial charge on any atom is -0.376 e. The average molecular weight is 463 g/mol. The summed E-state index contributed by atoms with van der Waals surface area (Å²) in [6.07, 6.45) is 7.47. The van der Waals surface area contributed by atoms with Crippen molar-refractivity contribution in [3.05, 3.63) is 96.1 Å². The molecule has 0 radical (unpaired) electrons. The van der Waals surface area contributed by atoms with Crippen molar-refractivity contribution in [3.63, 3.8) is 0 Å². The molecule has 1 heterocycles. The molecule has 0 saturated heterocycles. The van der Waals surface area contributed by atoms with Gasteiger partial charge in [0.05, 0.1) is 17.3 Å². The molecule has 4 rings (SSSR count). The topological polar surface area (TPSA) is 9.23 Å². The summed E-state index contributed by atoms with van der Waals surface area (Å²) in [5.41, 5.74) is 2.67. The van der Waals surface area contributed by atoms with Gasteiger partial charge in [0.1, 0.15) is 0 Å². The Morgan fingerprint density at radius 1 is 0.719 bits per heavy atom. The number of benzene rings is 3. The first-order valence-corrected chi connectivity index (χ1v) is 13.5. The lowest BCUT2D eigenvalue weighted by Crippen LogP contribution is -2.35. The maximum atomic E-state index is 6.39. The zero-order valence-corrected chi connectivity index (χ0v) is 20.7. The number of hydrogen-bond donors (Lipinski definition) is 0. The number of hydrogen-bond acceptors (Lipinski definition) is 3. The Balaban J connectivity index is 1.55. The van der Waals surface area contributed by atoms with Crippen LogP contribution in [0.2, 0.25) is 0 Å². The normalized spacial score (nSPS) is 15.4. The average Bonchev–Trinajstić information content (AvgIpc) is 3.21. The van der Waals surface area contributed by atoms with E-state index in [1.165, 1.54) is 53.0 Å². The molecule has 0 amide bonds. The molecular weight excluding hydrogens is 428 g/mol. The van der Waals surface area contributed by atoms with Crippen molar-refractivity contribution in [2.75, 3.05) is 6.61 Å². The van der Waals surface area contributed by atoms with Crippen LogP contribution in [-0.2, 0) is 17.8 Å². The summed E-state index contributed by atoms with van der Waals surface area (Å²) in [5.74, 6) is 0.491. The van der Waals surface area contributed by atoms with Gasteiger partial charge in [-0.25, -0.2) is 0 Å². The Morgan fingerprint density at radius 3 is 1.94 bits per heavy atom. The molecule has 3 aromatic rings. The fourth-order valence-corrected chi connectivity index (χ4v) is 7.93. The maximum Gasteiger partial charge on any atom is 0.0795 e. The van der Waals surface area contributed by atoms with E-state index in [1.54, 1.807) is 0 Å². The Hall–Kier alpha value is -1.68. The second kappa shape index (κ2) is 12.0. The second-order valence-electron chi connectivity index (χ2n) is 8.67. The van der Waals surface area contributed by atoms with E-state index in [1.807, 2.05) is 0 Å². The van der Waals surface area contributed by atoms with Crippen LogP contribution in [0, 0.1) is 5.92 Å². The van der Waals surface area contributed by atoms with Crippen molar-refractivity contribution < 1.29 is 4.74 Å². The minimum atomic E-state index is 0.0773. The third-order valence-corrected chi connectivity index (χ3v) is 9.59.